The van der Waals surface area contributed by atoms with Crippen LogP contribution in [0.1, 0.15) is 0 Å². The second kappa shape index (κ2) is 4.51. The molecule has 7 heteroatoms. The fraction of sp³-hybridized carbons (Fsp3) is 0.800. The fourth-order valence-electron chi connectivity index (χ4n) is 0.477. The molecule has 1 amide bonds. The van der Waals surface area contributed by atoms with Crippen molar-refractivity contribution in [3.63, 3.8) is 0 Å². The molecule has 5 nitrogen and oxygen atoms in total. The van der Waals surface area contributed by atoms with Crippen molar-refractivity contribution >= 4 is 27.7 Å². The Morgan fingerprint density at radius 1 is 1.58 bits per heavy atom. The first-order chi connectivity index (χ1) is 5.45. The third-order valence-corrected chi connectivity index (χ3v) is 3.30. The van der Waals surface area contributed by atoms with E-state index in [2.05, 4.69) is 4.74 Å². The van der Waals surface area contributed by atoms with Crippen LogP contribution < -0.4 is 0 Å². The van der Waals surface area contributed by atoms with Crippen LogP contribution in [0.5, 0.6) is 0 Å². The van der Waals surface area contributed by atoms with E-state index in [0.717, 1.165) is 14.2 Å². The lowest BCUT2D eigenvalue weighted by atomic mass is 11.0. The lowest BCUT2D eigenvalue weighted by molar-refractivity contribution is 0.154. The molecule has 0 saturated carbocycles. The second-order valence-electron chi connectivity index (χ2n) is 1.94. The molecule has 0 unspecified atom stereocenters. The Hall–Kier alpha value is -0.490. The van der Waals surface area contributed by atoms with E-state index in [9.17, 15) is 13.2 Å². The number of rotatable bonds is 3. The summed E-state index contributed by atoms with van der Waals surface area (Å²) in [7, 11) is -1.37. The molecule has 0 N–H and O–H groups in total. The highest BCUT2D eigenvalue weighted by Gasteiger charge is 2.22. The van der Waals surface area contributed by atoms with Gasteiger partial charge in [0.1, 0.15) is 0 Å². The van der Waals surface area contributed by atoms with Crippen LogP contribution in [0.3, 0.4) is 0 Å². The number of amides is 1. The minimum Gasteiger partial charge on any atom is -0.452 e. The van der Waals surface area contributed by atoms with Crippen molar-refractivity contribution in [2.75, 3.05) is 25.8 Å². The Kier molecular flexibility index (Phi) is 4.33. The molecular formula is C5H10ClNO4S. The second-order valence-corrected chi connectivity index (χ2v) is 4.44. The monoisotopic (exact) mass is 215 g/mol. The van der Waals surface area contributed by atoms with Crippen LogP contribution in [0.25, 0.3) is 0 Å². The molecule has 0 aromatic heterocycles. The van der Waals surface area contributed by atoms with Gasteiger partial charge in [-0.25, -0.2) is 17.5 Å². The van der Waals surface area contributed by atoms with Crippen molar-refractivity contribution in [1.82, 2.24) is 4.31 Å². The number of alkyl halides is 1. The average Bonchev–Trinajstić information content (AvgIpc) is 2.01. The third-order valence-electron chi connectivity index (χ3n) is 1.18. The molecule has 0 atom stereocenters. The summed E-state index contributed by atoms with van der Waals surface area (Å²) in [6, 6.07) is 0. The molecule has 0 aromatic rings. The summed E-state index contributed by atoms with van der Waals surface area (Å²) in [6.07, 6.45) is -0.917. The minimum atomic E-state index is -3.59. The number of halogens is 1. The van der Waals surface area contributed by atoms with Gasteiger partial charge >= 0.3 is 6.09 Å². The number of carbonyl (C=O) groups excluding carboxylic acids is 1. The largest absolute Gasteiger partial charge is 0.452 e. The molecule has 12 heavy (non-hydrogen) atoms. The first-order valence-electron chi connectivity index (χ1n) is 3.06. The molecule has 0 aliphatic carbocycles. The zero-order valence-electron chi connectivity index (χ0n) is 6.78. The fourth-order valence-corrected chi connectivity index (χ4v) is 1.83. The SMILES string of the molecule is COC(=O)N(C)S(=O)(=O)CCCl. The van der Waals surface area contributed by atoms with Crippen molar-refractivity contribution in [2.45, 2.75) is 0 Å². The number of sulfonamides is 1. The number of hydrogen-bond acceptors (Lipinski definition) is 4. The van der Waals surface area contributed by atoms with Gasteiger partial charge in [0.15, 0.2) is 0 Å². The van der Waals surface area contributed by atoms with Crippen molar-refractivity contribution in [2.24, 2.45) is 0 Å². The Labute approximate surface area is 76.3 Å². The van der Waals surface area contributed by atoms with Gasteiger partial charge in [-0.15, -0.1) is 11.6 Å². The lowest BCUT2D eigenvalue weighted by Crippen LogP contribution is -2.35. The number of ether oxygens (including phenoxy) is 1. The van der Waals surface area contributed by atoms with Gasteiger partial charge in [-0.3, -0.25) is 0 Å². The molecule has 0 rings (SSSR count). The first-order valence-corrected chi connectivity index (χ1v) is 5.20. The van der Waals surface area contributed by atoms with E-state index in [1.807, 2.05) is 0 Å². The van der Waals surface area contributed by atoms with Gasteiger partial charge in [0.05, 0.1) is 12.9 Å². The smallest absolute Gasteiger partial charge is 0.422 e. The summed E-state index contributed by atoms with van der Waals surface area (Å²) in [5, 5.41) is 0. The van der Waals surface area contributed by atoms with E-state index in [1.165, 1.54) is 0 Å². The van der Waals surface area contributed by atoms with Gasteiger partial charge in [-0.2, -0.15) is 0 Å². The average molecular weight is 216 g/mol. The van der Waals surface area contributed by atoms with Crippen LogP contribution in [0, 0.1) is 0 Å². The molecule has 0 heterocycles. The molecule has 0 bridgehead atoms. The van der Waals surface area contributed by atoms with Gasteiger partial charge in [0, 0.05) is 12.9 Å². The van der Waals surface area contributed by atoms with Gasteiger partial charge in [0.25, 0.3) is 0 Å². The van der Waals surface area contributed by atoms with E-state index in [4.69, 9.17) is 11.6 Å². The molecule has 0 aliphatic heterocycles. The summed E-state index contributed by atoms with van der Waals surface area (Å²) in [4.78, 5) is 10.7. The van der Waals surface area contributed by atoms with Crippen LogP contribution in [-0.2, 0) is 14.8 Å². The van der Waals surface area contributed by atoms with Gasteiger partial charge < -0.3 is 4.74 Å². The van der Waals surface area contributed by atoms with Crippen molar-refractivity contribution in [3.8, 4) is 0 Å². The van der Waals surface area contributed by atoms with Crippen LogP contribution in [0.2, 0.25) is 0 Å². The third kappa shape index (κ3) is 2.86. The van der Waals surface area contributed by atoms with Crippen molar-refractivity contribution in [1.29, 1.82) is 0 Å². The Morgan fingerprint density at radius 3 is 2.42 bits per heavy atom. The number of methoxy groups -OCH3 is 1. The predicted molar refractivity (Wildman–Crippen MR) is 44.7 cm³/mol. The van der Waals surface area contributed by atoms with E-state index in [0.29, 0.717) is 4.31 Å². The van der Waals surface area contributed by atoms with Gasteiger partial charge in [-0.05, 0) is 0 Å². The molecule has 0 radical (unpaired) electrons. The first kappa shape index (κ1) is 11.5. The molecule has 0 aromatic carbocycles. The van der Waals surface area contributed by atoms with Gasteiger partial charge in [0.2, 0.25) is 10.0 Å². The lowest BCUT2D eigenvalue weighted by Gasteiger charge is -2.14. The summed E-state index contributed by atoms with van der Waals surface area (Å²) in [5.41, 5.74) is 0. The van der Waals surface area contributed by atoms with Crippen molar-refractivity contribution < 1.29 is 17.9 Å². The highest BCUT2D eigenvalue weighted by molar-refractivity contribution is 7.89. The molecule has 72 valence electrons. The number of hydrogen-bond donors (Lipinski definition) is 0. The summed E-state index contributed by atoms with van der Waals surface area (Å²) in [5.74, 6) is -0.330. The molecule has 0 fully saturated rings. The van der Waals surface area contributed by atoms with Gasteiger partial charge in [-0.1, -0.05) is 0 Å². The van der Waals surface area contributed by atoms with Crippen LogP contribution in [0.4, 0.5) is 4.79 Å². The summed E-state index contributed by atoms with van der Waals surface area (Å²) in [6.45, 7) is 0. The van der Waals surface area contributed by atoms with Crippen LogP contribution in [0.15, 0.2) is 0 Å². The zero-order chi connectivity index (χ0) is 9.78. The Balaban J connectivity index is 4.46. The maximum atomic E-state index is 11.1. The highest BCUT2D eigenvalue weighted by atomic mass is 35.5. The van der Waals surface area contributed by atoms with E-state index in [-0.39, 0.29) is 11.6 Å². The van der Waals surface area contributed by atoms with E-state index < -0.39 is 16.1 Å². The maximum absolute atomic E-state index is 11.1. The van der Waals surface area contributed by atoms with E-state index >= 15 is 0 Å². The standard InChI is InChI=1S/C5H10ClNO4S/c1-7(5(8)11-2)12(9,10)4-3-6/h3-4H2,1-2H3. The maximum Gasteiger partial charge on any atom is 0.422 e. The molecular weight excluding hydrogens is 206 g/mol. The van der Waals surface area contributed by atoms with Crippen LogP contribution in [-0.4, -0.2) is 44.6 Å². The Bertz CT molecular complexity index is 250. The highest BCUT2D eigenvalue weighted by Crippen LogP contribution is 2.00. The van der Waals surface area contributed by atoms with E-state index in [1.54, 1.807) is 0 Å². The molecule has 0 spiro atoms. The normalized spacial score (nSPS) is 10.9. The van der Waals surface area contributed by atoms with Crippen LogP contribution >= 0.6 is 11.6 Å². The summed E-state index contributed by atoms with van der Waals surface area (Å²) < 4.78 is 26.9. The predicted octanol–water partition coefficient (Wildman–Crippen LogP) is 0.253. The summed E-state index contributed by atoms with van der Waals surface area (Å²) >= 11 is 5.22. The topological polar surface area (TPSA) is 63.7 Å². The zero-order valence-corrected chi connectivity index (χ0v) is 8.35. The number of carbonyl (C=O) groups is 1. The quantitative estimate of drug-likeness (QED) is 0.634. The number of nitrogens with zero attached hydrogens (tertiary/aromatic N) is 1. The Morgan fingerprint density at radius 2 is 2.08 bits per heavy atom. The molecule has 0 saturated heterocycles. The van der Waals surface area contributed by atoms with Crippen molar-refractivity contribution in [3.05, 3.63) is 0 Å². The minimum absolute atomic E-state index is 0.0519. The molecule has 0 aliphatic rings.